The van der Waals surface area contributed by atoms with Gasteiger partial charge in [0.25, 0.3) is 0 Å². The zero-order chi connectivity index (χ0) is 12.4. The lowest BCUT2D eigenvalue weighted by atomic mass is 9.75. The number of hydrogen-bond donors (Lipinski definition) is 3. The van der Waals surface area contributed by atoms with E-state index in [1.807, 2.05) is 0 Å². The van der Waals surface area contributed by atoms with E-state index in [1.54, 1.807) is 0 Å². The Labute approximate surface area is 101 Å². The standard InChI is InChI=1S/C12H19N3O2/c1-2-8-7-15-4-3-9(8)5-10(15)6-14-12(17)11(13)16/h2,8-10H,1,3-7H2,(H2,13,16)(H,14,17)/p+1/t8-,9-,10+/m0/s1. The van der Waals surface area contributed by atoms with Crippen LogP contribution < -0.4 is 16.0 Å². The minimum Gasteiger partial charge on any atom is -0.361 e. The molecular weight excluding hydrogens is 218 g/mol. The first-order valence-electron chi connectivity index (χ1n) is 6.16. The topological polar surface area (TPSA) is 76.6 Å². The molecule has 0 aromatic rings. The van der Waals surface area contributed by atoms with Crippen LogP contribution in [0.25, 0.3) is 0 Å². The van der Waals surface area contributed by atoms with Crippen LogP contribution >= 0.6 is 0 Å². The summed E-state index contributed by atoms with van der Waals surface area (Å²) in [4.78, 5) is 23.2. The van der Waals surface area contributed by atoms with Crippen molar-refractivity contribution in [3.8, 4) is 0 Å². The van der Waals surface area contributed by atoms with E-state index in [9.17, 15) is 9.59 Å². The molecule has 0 aliphatic carbocycles. The first-order valence-corrected chi connectivity index (χ1v) is 6.16. The fraction of sp³-hybridized carbons (Fsp3) is 0.667. The van der Waals surface area contributed by atoms with Crippen molar-refractivity contribution in [2.24, 2.45) is 17.6 Å². The second kappa shape index (κ2) is 4.87. The van der Waals surface area contributed by atoms with Crippen LogP contribution in [-0.2, 0) is 9.59 Å². The van der Waals surface area contributed by atoms with Crippen LogP contribution in [-0.4, -0.2) is 37.5 Å². The van der Waals surface area contributed by atoms with Crippen LogP contribution in [0.1, 0.15) is 12.8 Å². The van der Waals surface area contributed by atoms with Gasteiger partial charge >= 0.3 is 11.8 Å². The van der Waals surface area contributed by atoms with Crippen molar-refractivity contribution >= 4 is 11.8 Å². The fourth-order valence-corrected chi connectivity index (χ4v) is 3.16. The van der Waals surface area contributed by atoms with Crippen molar-refractivity contribution in [2.75, 3.05) is 19.6 Å². The molecule has 0 saturated carbocycles. The van der Waals surface area contributed by atoms with E-state index in [1.165, 1.54) is 11.3 Å². The molecule has 3 rings (SSSR count). The van der Waals surface area contributed by atoms with E-state index in [0.717, 1.165) is 19.5 Å². The zero-order valence-electron chi connectivity index (χ0n) is 9.95. The molecule has 17 heavy (non-hydrogen) atoms. The number of piperidine rings is 3. The third-order valence-corrected chi connectivity index (χ3v) is 4.14. The van der Waals surface area contributed by atoms with Gasteiger partial charge in [0.1, 0.15) is 6.04 Å². The van der Waals surface area contributed by atoms with Gasteiger partial charge in [-0.2, -0.15) is 0 Å². The Morgan fingerprint density at radius 3 is 2.82 bits per heavy atom. The Bertz CT molecular complexity index is 343. The van der Waals surface area contributed by atoms with Gasteiger partial charge in [0.05, 0.1) is 19.6 Å². The smallest absolute Gasteiger partial charge is 0.309 e. The Morgan fingerprint density at radius 2 is 2.29 bits per heavy atom. The van der Waals surface area contributed by atoms with Gasteiger partial charge in [-0.1, -0.05) is 6.08 Å². The number of carbonyl (C=O) groups is 2. The fourth-order valence-electron chi connectivity index (χ4n) is 3.16. The first-order chi connectivity index (χ1) is 8.11. The van der Waals surface area contributed by atoms with Gasteiger partial charge < -0.3 is 16.0 Å². The summed E-state index contributed by atoms with van der Waals surface area (Å²) in [7, 11) is 0. The second-order valence-corrected chi connectivity index (χ2v) is 5.07. The molecule has 2 amide bonds. The summed E-state index contributed by atoms with van der Waals surface area (Å²) in [6.45, 7) is 6.70. The van der Waals surface area contributed by atoms with E-state index in [4.69, 9.17) is 5.73 Å². The summed E-state index contributed by atoms with van der Waals surface area (Å²) in [6, 6.07) is 0.424. The Kier molecular flexibility index (Phi) is 3.47. The van der Waals surface area contributed by atoms with Crippen LogP contribution in [0.2, 0.25) is 0 Å². The predicted octanol–water partition coefficient (Wildman–Crippen LogP) is -1.93. The second-order valence-electron chi connectivity index (χ2n) is 5.07. The number of fused-ring (bicyclic) bond motifs is 3. The molecule has 1 unspecified atom stereocenters. The van der Waals surface area contributed by atoms with Crippen molar-refractivity contribution in [2.45, 2.75) is 18.9 Å². The molecule has 5 nitrogen and oxygen atoms in total. The molecule has 0 radical (unpaired) electrons. The average Bonchev–Trinajstić information content (AvgIpc) is 2.36. The maximum atomic E-state index is 11.1. The monoisotopic (exact) mass is 238 g/mol. The maximum Gasteiger partial charge on any atom is 0.309 e. The molecule has 0 aromatic carbocycles. The molecule has 94 valence electrons. The van der Waals surface area contributed by atoms with Gasteiger partial charge in [0.15, 0.2) is 0 Å². The Balaban J connectivity index is 1.86. The average molecular weight is 238 g/mol. The molecule has 3 aliphatic rings. The molecule has 3 fully saturated rings. The number of primary amides is 1. The SMILES string of the molecule is C=C[C@H]1C[NH+]2CC[C@H]1C[C@@H]2CNC(=O)C(N)=O. The summed E-state index contributed by atoms with van der Waals surface area (Å²) in [5.74, 6) is -0.269. The van der Waals surface area contributed by atoms with Crippen molar-refractivity contribution < 1.29 is 14.5 Å². The highest BCUT2D eigenvalue weighted by atomic mass is 16.2. The van der Waals surface area contributed by atoms with E-state index < -0.39 is 11.8 Å². The first kappa shape index (κ1) is 12.1. The highest BCUT2D eigenvalue weighted by molar-refractivity contribution is 6.34. The van der Waals surface area contributed by atoms with Gasteiger partial charge in [-0.25, -0.2) is 0 Å². The molecule has 4 atom stereocenters. The van der Waals surface area contributed by atoms with Gasteiger partial charge in [-0.3, -0.25) is 9.59 Å². The molecule has 2 bridgehead atoms. The van der Waals surface area contributed by atoms with Crippen molar-refractivity contribution in [1.82, 2.24) is 5.32 Å². The Morgan fingerprint density at radius 1 is 1.53 bits per heavy atom. The largest absolute Gasteiger partial charge is 0.361 e. The quantitative estimate of drug-likeness (QED) is 0.395. The lowest BCUT2D eigenvalue weighted by molar-refractivity contribution is -0.944. The van der Waals surface area contributed by atoms with E-state index in [-0.39, 0.29) is 0 Å². The third-order valence-electron chi connectivity index (χ3n) is 4.14. The van der Waals surface area contributed by atoms with E-state index in [2.05, 4.69) is 18.0 Å². The maximum absolute atomic E-state index is 11.1. The highest BCUT2D eigenvalue weighted by Gasteiger charge is 2.42. The number of nitrogens with two attached hydrogens (primary N) is 1. The normalized spacial score (nSPS) is 35.3. The minimum atomic E-state index is -0.903. The number of rotatable bonds is 3. The summed E-state index contributed by atoms with van der Waals surface area (Å²) in [5, 5.41) is 2.61. The molecule has 4 N–H and O–H groups in total. The van der Waals surface area contributed by atoms with Gasteiger partial charge in [0.2, 0.25) is 0 Å². The van der Waals surface area contributed by atoms with Gasteiger partial charge in [0, 0.05) is 18.8 Å². The number of quaternary nitrogens is 1. The van der Waals surface area contributed by atoms with Crippen molar-refractivity contribution in [3.63, 3.8) is 0 Å². The molecule has 5 heteroatoms. The predicted molar refractivity (Wildman–Crippen MR) is 63.1 cm³/mol. The highest BCUT2D eigenvalue weighted by Crippen LogP contribution is 2.27. The van der Waals surface area contributed by atoms with E-state index in [0.29, 0.717) is 24.4 Å². The van der Waals surface area contributed by atoms with Crippen molar-refractivity contribution in [1.29, 1.82) is 0 Å². The molecular formula is C12H20N3O2+. The summed E-state index contributed by atoms with van der Waals surface area (Å²) in [6.07, 6.45) is 4.40. The van der Waals surface area contributed by atoms with Crippen LogP contribution in [0.3, 0.4) is 0 Å². The number of nitrogens with one attached hydrogen (secondary N) is 2. The molecule has 3 aliphatic heterocycles. The summed E-state index contributed by atoms with van der Waals surface area (Å²) >= 11 is 0. The zero-order valence-corrected chi connectivity index (χ0v) is 9.95. The summed E-state index contributed by atoms with van der Waals surface area (Å²) in [5.41, 5.74) is 4.90. The van der Waals surface area contributed by atoms with Crippen LogP contribution in [0.15, 0.2) is 12.7 Å². The van der Waals surface area contributed by atoms with Crippen molar-refractivity contribution in [3.05, 3.63) is 12.7 Å². The minimum absolute atomic E-state index is 0.424. The number of hydrogen-bond acceptors (Lipinski definition) is 2. The lowest BCUT2D eigenvalue weighted by Gasteiger charge is -2.46. The molecule has 3 saturated heterocycles. The molecule has 3 heterocycles. The van der Waals surface area contributed by atoms with Crippen LogP contribution in [0, 0.1) is 11.8 Å². The number of carbonyl (C=O) groups excluding carboxylic acids is 2. The lowest BCUT2D eigenvalue weighted by Crippen LogP contribution is -3.20. The van der Waals surface area contributed by atoms with Crippen LogP contribution in [0.5, 0.6) is 0 Å². The van der Waals surface area contributed by atoms with E-state index >= 15 is 0 Å². The van der Waals surface area contributed by atoms with Crippen LogP contribution in [0.4, 0.5) is 0 Å². The molecule has 0 aromatic heterocycles. The Hall–Kier alpha value is -1.36. The molecule has 0 spiro atoms. The summed E-state index contributed by atoms with van der Waals surface area (Å²) < 4.78 is 0. The van der Waals surface area contributed by atoms with Gasteiger partial charge in [-0.15, -0.1) is 6.58 Å². The number of amides is 2. The van der Waals surface area contributed by atoms with Gasteiger partial charge in [-0.05, 0) is 5.92 Å². The third kappa shape index (κ3) is 2.49.